The molecule has 1 heterocycles. The summed E-state index contributed by atoms with van der Waals surface area (Å²) in [6.45, 7) is 1.94. The fourth-order valence-corrected chi connectivity index (χ4v) is 2.08. The molecule has 1 aromatic heterocycles. The number of hydrogen-bond acceptors (Lipinski definition) is 4. The Bertz CT molecular complexity index is 703. The lowest BCUT2D eigenvalue weighted by atomic mass is 10.1. The third kappa shape index (κ3) is 3.55. The average Bonchev–Trinajstić information content (AvgIpc) is 2.55. The van der Waals surface area contributed by atoms with Gasteiger partial charge < -0.3 is 14.0 Å². The minimum atomic E-state index is -0.500. The van der Waals surface area contributed by atoms with Crippen molar-refractivity contribution < 1.29 is 14.3 Å². The van der Waals surface area contributed by atoms with Crippen molar-refractivity contribution >= 4 is 5.97 Å². The van der Waals surface area contributed by atoms with Crippen molar-refractivity contribution in [3.8, 4) is 5.75 Å². The van der Waals surface area contributed by atoms with E-state index in [1.807, 2.05) is 31.2 Å². The quantitative estimate of drug-likeness (QED) is 0.797. The third-order valence-corrected chi connectivity index (χ3v) is 3.45. The highest BCUT2D eigenvalue weighted by molar-refractivity contribution is 5.89. The highest BCUT2D eigenvalue weighted by Gasteiger charge is 2.17. The fraction of sp³-hybridized carbons (Fsp3) is 0.294. The summed E-state index contributed by atoms with van der Waals surface area (Å²) in [6.07, 6.45) is 1.83. The highest BCUT2D eigenvalue weighted by atomic mass is 16.5. The number of hydrogen-bond donors (Lipinski definition) is 0. The molecule has 0 radical (unpaired) electrons. The maximum atomic E-state index is 12.2. The van der Waals surface area contributed by atoms with Crippen molar-refractivity contribution in [1.29, 1.82) is 0 Å². The zero-order valence-electron chi connectivity index (χ0n) is 12.9. The van der Waals surface area contributed by atoms with Gasteiger partial charge in [0.05, 0.1) is 12.7 Å². The summed E-state index contributed by atoms with van der Waals surface area (Å²) in [6, 6.07) is 10.2. The second-order valence-electron chi connectivity index (χ2n) is 4.94. The van der Waals surface area contributed by atoms with E-state index >= 15 is 0 Å². The first-order valence-electron chi connectivity index (χ1n) is 7.06. The summed E-state index contributed by atoms with van der Waals surface area (Å²) in [5, 5.41) is 0. The van der Waals surface area contributed by atoms with Crippen molar-refractivity contribution in [1.82, 2.24) is 4.57 Å². The molecule has 1 aromatic carbocycles. The largest absolute Gasteiger partial charge is 0.497 e. The van der Waals surface area contributed by atoms with Crippen molar-refractivity contribution in [2.24, 2.45) is 7.05 Å². The van der Waals surface area contributed by atoms with E-state index in [2.05, 4.69) is 0 Å². The predicted molar refractivity (Wildman–Crippen MR) is 83.1 cm³/mol. The molecule has 0 bridgehead atoms. The zero-order valence-corrected chi connectivity index (χ0v) is 12.9. The smallest absolute Gasteiger partial charge is 0.338 e. The van der Waals surface area contributed by atoms with Gasteiger partial charge in [0.25, 0.3) is 5.56 Å². The second kappa shape index (κ2) is 6.93. The topological polar surface area (TPSA) is 57.5 Å². The van der Waals surface area contributed by atoms with E-state index in [-0.39, 0.29) is 17.2 Å². The molecule has 0 aliphatic heterocycles. The maximum absolute atomic E-state index is 12.2. The number of nitrogens with zero attached hydrogens (tertiary/aromatic N) is 1. The molecular weight excluding hydrogens is 282 g/mol. The number of esters is 1. The van der Waals surface area contributed by atoms with Crippen LogP contribution in [0.4, 0.5) is 0 Å². The normalized spacial score (nSPS) is 11.8. The first kappa shape index (κ1) is 15.8. The van der Waals surface area contributed by atoms with Crippen molar-refractivity contribution in [3.63, 3.8) is 0 Å². The number of carbonyl (C=O) groups excluding carboxylic acids is 1. The third-order valence-electron chi connectivity index (χ3n) is 3.45. The molecule has 0 N–H and O–H groups in total. The van der Waals surface area contributed by atoms with Gasteiger partial charge in [-0.3, -0.25) is 4.79 Å². The first-order chi connectivity index (χ1) is 10.5. The molecule has 0 fully saturated rings. The lowest BCUT2D eigenvalue weighted by Gasteiger charge is -2.17. The van der Waals surface area contributed by atoms with Crippen molar-refractivity contribution in [3.05, 3.63) is 64.1 Å². The van der Waals surface area contributed by atoms with Crippen LogP contribution >= 0.6 is 0 Å². The Balaban J connectivity index is 2.16. The Hall–Kier alpha value is -2.56. The number of aromatic nitrogens is 1. The Morgan fingerprint density at radius 3 is 2.45 bits per heavy atom. The molecule has 22 heavy (non-hydrogen) atoms. The number of methoxy groups -OCH3 is 1. The van der Waals surface area contributed by atoms with Crippen LogP contribution in [0.1, 0.15) is 35.4 Å². The SMILES string of the molecule is CC[C@H](OC(=O)c1ccn(C)c(=O)c1)c1ccc(OC)cc1. The zero-order chi connectivity index (χ0) is 16.1. The number of carbonyl (C=O) groups is 1. The monoisotopic (exact) mass is 301 g/mol. The van der Waals surface area contributed by atoms with Gasteiger partial charge in [0, 0.05) is 19.3 Å². The molecule has 5 heteroatoms. The van der Waals surface area contributed by atoms with Crippen molar-refractivity contribution in [2.45, 2.75) is 19.4 Å². The summed E-state index contributed by atoms with van der Waals surface area (Å²) in [4.78, 5) is 23.8. The van der Waals surface area contributed by atoms with Crippen LogP contribution in [0.3, 0.4) is 0 Å². The summed E-state index contributed by atoms with van der Waals surface area (Å²) in [5.41, 5.74) is 0.905. The molecular formula is C17H19NO4. The number of benzene rings is 1. The average molecular weight is 301 g/mol. The minimum Gasteiger partial charge on any atom is -0.497 e. The van der Waals surface area contributed by atoms with E-state index in [1.54, 1.807) is 26.4 Å². The molecule has 2 rings (SSSR count). The van der Waals surface area contributed by atoms with E-state index in [0.717, 1.165) is 11.3 Å². The molecule has 0 amide bonds. The maximum Gasteiger partial charge on any atom is 0.338 e. The molecule has 2 aromatic rings. The van der Waals surface area contributed by atoms with Gasteiger partial charge in [0.15, 0.2) is 0 Å². The van der Waals surface area contributed by atoms with Gasteiger partial charge in [-0.05, 0) is 30.2 Å². The van der Waals surface area contributed by atoms with Crippen LogP contribution in [0.5, 0.6) is 5.75 Å². The summed E-state index contributed by atoms with van der Waals surface area (Å²) >= 11 is 0. The fourth-order valence-electron chi connectivity index (χ4n) is 2.08. The molecule has 0 unspecified atom stereocenters. The molecule has 0 saturated carbocycles. The highest BCUT2D eigenvalue weighted by Crippen LogP contribution is 2.24. The Morgan fingerprint density at radius 1 is 1.23 bits per heavy atom. The second-order valence-corrected chi connectivity index (χ2v) is 4.94. The standard InChI is InChI=1S/C17H19NO4/c1-4-15(12-5-7-14(21-3)8-6-12)22-17(20)13-9-10-18(2)16(19)11-13/h5-11,15H,4H2,1-3H3/t15-/m0/s1. The molecule has 1 atom stereocenters. The van der Waals surface area contributed by atoms with E-state index in [9.17, 15) is 9.59 Å². The lowest BCUT2D eigenvalue weighted by molar-refractivity contribution is 0.0287. The van der Waals surface area contributed by atoms with Crippen LogP contribution in [0.15, 0.2) is 47.4 Å². The summed E-state index contributed by atoms with van der Waals surface area (Å²) in [5.74, 6) is 0.247. The van der Waals surface area contributed by atoms with E-state index in [0.29, 0.717) is 6.42 Å². The molecule has 116 valence electrons. The van der Waals surface area contributed by atoms with Crippen LogP contribution in [0, 0.1) is 0 Å². The van der Waals surface area contributed by atoms with Crippen molar-refractivity contribution in [2.75, 3.05) is 7.11 Å². The van der Waals surface area contributed by atoms with Crippen LogP contribution in [-0.2, 0) is 11.8 Å². The lowest BCUT2D eigenvalue weighted by Crippen LogP contribution is -2.18. The summed E-state index contributed by atoms with van der Waals surface area (Å²) < 4.78 is 12.0. The van der Waals surface area contributed by atoms with Gasteiger partial charge in [-0.25, -0.2) is 4.79 Å². The van der Waals surface area contributed by atoms with Gasteiger partial charge in [-0.2, -0.15) is 0 Å². The minimum absolute atomic E-state index is 0.244. The van der Waals surface area contributed by atoms with Gasteiger partial charge in [0.2, 0.25) is 0 Å². The molecule has 0 aliphatic rings. The summed E-state index contributed by atoms with van der Waals surface area (Å²) in [7, 11) is 3.23. The van der Waals surface area contributed by atoms with E-state index in [1.165, 1.54) is 10.6 Å². The van der Waals surface area contributed by atoms with Crippen LogP contribution < -0.4 is 10.3 Å². The van der Waals surface area contributed by atoms with Crippen LogP contribution in [0.2, 0.25) is 0 Å². The predicted octanol–water partition coefficient (Wildman–Crippen LogP) is 2.70. The van der Waals surface area contributed by atoms with Crippen LogP contribution in [-0.4, -0.2) is 17.6 Å². The van der Waals surface area contributed by atoms with Gasteiger partial charge in [-0.15, -0.1) is 0 Å². The Labute approximate surface area is 129 Å². The molecule has 0 saturated heterocycles. The van der Waals surface area contributed by atoms with Crippen LogP contribution in [0.25, 0.3) is 0 Å². The Morgan fingerprint density at radius 2 is 1.91 bits per heavy atom. The molecule has 0 aliphatic carbocycles. The van der Waals surface area contributed by atoms with E-state index in [4.69, 9.17) is 9.47 Å². The number of ether oxygens (including phenoxy) is 2. The molecule has 0 spiro atoms. The van der Waals surface area contributed by atoms with Gasteiger partial charge in [0.1, 0.15) is 11.9 Å². The van der Waals surface area contributed by atoms with Gasteiger partial charge >= 0.3 is 5.97 Å². The number of aryl methyl sites for hydroxylation is 1. The van der Waals surface area contributed by atoms with E-state index < -0.39 is 5.97 Å². The number of pyridine rings is 1. The first-order valence-corrected chi connectivity index (χ1v) is 7.06. The van der Waals surface area contributed by atoms with Gasteiger partial charge in [-0.1, -0.05) is 19.1 Å². The molecule has 5 nitrogen and oxygen atoms in total. The Kier molecular flexibility index (Phi) is 4.99. The number of rotatable bonds is 5.